The number of hydrogen-bond acceptors (Lipinski definition) is 2. The van der Waals surface area contributed by atoms with E-state index in [0.29, 0.717) is 0 Å². The standard InChI is InChI=1S/C10H18N2/c1-2-4-12-9(3-1)5-8-6-11-7-10(8)12/h8-11H,1-7H2/t8-,9?,10+/m1/s1. The molecule has 1 unspecified atom stereocenters. The highest BCUT2D eigenvalue weighted by atomic mass is 15.3. The lowest BCUT2D eigenvalue weighted by Gasteiger charge is -2.33. The van der Waals surface area contributed by atoms with E-state index < -0.39 is 0 Å². The highest BCUT2D eigenvalue weighted by Gasteiger charge is 2.43. The molecule has 0 aliphatic carbocycles. The number of nitrogens with one attached hydrogen (secondary N) is 1. The van der Waals surface area contributed by atoms with Gasteiger partial charge in [-0.2, -0.15) is 0 Å². The van der Waals surface area contributed by atoms with E-state index >= 15 is 0 Å². The highest BCUT2D eigenvalue weighted by Crippen LogP contribution is 2.36. The third-order valence-electron chi connectivity index (χ3n) is 3.98. The van der Waals surface area contributed by atoms with E-state index in [-0.39, 0.29) is 0 Å². The second-order valence-corrected chi connectivity index (χ2v) is 4.61. The summed E-state index contributed by atoms with van der Waals surface area (Å²) in [6.07, 6.45) is 5.89. The number of nitrogens with zero attached hydrogens (tertiary/aromatic N) is 1. The highest BCUT2D eigenvalue weighted by molar-refractivity contribution is 5.00. The van der Waals surface area contributed by atoms with Crippen LogP contribution in [0.2, 0.25) is 0 Å². The Balaban J connectivity index is 1.79. The summed E-state index contributed by atoms with van der Waals surface area (Å²) in [7, 11) is 0. The molecule has 68 valence electrons. The summed E-state index contributed by atoms with van der Waals surface area (Å²) >= 11 is 0. The van der Waals surface area contributed by atoms with Crippen molar-refractivity contribution in [1.82, 2.24) is 10.2 Å². The van der Waals surface area contributed by atoms with Gasteiger partial charge in [0.25, 0.3) is 0 Å². The van der Waals surface area contributed by atoms with Crippen LogP contribution in [0, 0.1) is 5.92 Å². The number of rotatable bonds is 0. The quantitative estimate of drug-likeness (QED) is 0.573. The van der Waals surface area contributed by atoms with Gasteiger partial charge in [-0.1, -0.05) is 6.42 Å². The second-order valence-electron chi connectivity index (χ2n) is 4.61. The summed E-state index contributed by atoms with van der Waals surface area (Å²) < 4.78 is 0. The smallest absolute Gasteiger partial charge is 0.0264 e. The molecule has 3 aliphatic heterocycles. The van der Waals surface area contributed by atoms with Crippen LogP contribution in [0.25, 0.3) is 0 Å². The average molecular weight is 166 g/mol. The van der Waals surface area contributed by atoms with Crippen molar-refractivity contribution >= 4 is 0 Å². The van der Waals surface area contributed by atoms with Gasteiger partial charge >= 0.3 is 0 Å². The molecule has 3 rings (SSSR count). The van der Waals surface area contributed by atoms with Gasteiger partial charge in [0.05, 0.1) is 0 Å². The summed E-state index contributed by atoms with van der Waals surface area (Å²) in [5, 5.41) is 3.52. The van der Waals surface area contributed by atoms with Gasteiger partial charge < -0.3 is 5.32 Å². The molecule has 0 amide bonds. The lowest BCUT2D eigenvalue weighted by Crippen LogP contribution is -2.42. The molecule has 12 heavy (non-hydrogen) atoms. The first kappa shape index (κ1) is 7.34. The molecule has 0 saturated carbocycles. The molecule has 3 saturated heterocycles. The van der Waals surface area contributed by atoms with Crippen LogP contribution in [0.1, 0.15) is 25.7 Å². The summed E-state index contributed by atoms with van der Waals surface area (Å²) in [6, 6.07) is 1.88. The van der Waals surface area contributed by atoms with Crippen molar-refractivity contribution in [3.63, 3.8) is 0 Å². The molecule has 3 atom stereocenters. The topological polar surface area (TPSA) is 15.3 Å². The third-order valence-corrected chi connectivity index (χ3v) is 3.98. The molecule has 1 N–H and O–H groups in total. The first-order valence-electron chi connectivity index (χ1n) is 5.41. The van der Waals surface area contributed by atoms with E-state index in [1.165, 1.54) is 45.3 Å². The minimum absolute atomic E-state index is 0.912. The van der Waals surface area contributed by atoms with Gasteiger partial charge in [0.2, 0.25) is 0 Å². The zero-order valence-electron chi connectivity index (χ0n) is 7.63. The molecule has 2 nitrogen and oxygen atoms in total. The number of hydrogen-bond donors (Lipinski definition) is 1. The van der Waals surface area contributed by atoms with Crippen molar-refractivity contribution in [2.45, 2.75) is 37.8 Å². The fourth-order valence-corrected chi connectivity index (χ4v) is 3.41. The summed E-state index contributed by atoms with van der Waals surface area (Å²) in [5.41, 5.74) is 0. The van der Waals surface area contributed by atoms with Crippen molar-refractivity contribution in [2.75, 3.05) is 19.6 Å². The van der Waals surface area contributed by atoms with Gasteiger partial charge in [0.15, 0.2) is 0 Å². The first-order chi connectivity index (χ1) is 5.95. The molecule has 0 aromatic rings. The Bertz CT molecular complexity index is 181. The zero-order valence-corrected chi connectivity index (χ0v) is 7.63. The maximum atomic E-state index is 3.52. The van der Waals surface area contributed by atoms with Crippen LogP contribution in [-0.4, -0.2) is 36.6 Å². The molecule has 3 heterocycles. The Morgan fingerprint density at radius 1 is 1.17 bits per heavy atom. The Kier molecular flexibility index (Phi) is 1.66. The van der Waals surface area contributed by atoms with Crippen molar-refractivity contribution in [1.29, 1.82) is 0 Å². The fourth-order valence-electron chi connectivity index (χ4n) is 3.41. The van der Waals surface area contributed by atoms with Gasteiger partial charge in [-0.05, 0) is 38.3 Å². The van der Waals surface area contributed by atoms with Gasteiger partial charge in [0, 0.05) is 18.6 Å². The Hall–Kier alpha value is -0.0800. The van der Waals surface area contributed by atoms with Gasteiger partial charge in [-0.3, -0.25) is 4.90 Å². The van der Waals surface area contributed by atoms with Crippen LogP contribution >= 0.6 is 0 Å². The third kappa shape index (κ3) is 0.944. The molecule has 0 bridgehead atoms. The average Bonchev–Trinajstić information content (AvgIpc) is 2.62. The van der Waals surface area contributed by atoms with E-state index in [9.17, 15) is 0 Å². The summed E-state index contributed by atoms with van der Waals surface area (Å²) in [5.74, 6) is 0.994. The van der Waals surface area contributed by atoms with Crippen molar-refractivity contribution < 1.29 is 0 Å². The lowest BCUT2D eigenvalue weighted by atomic mass is 9.99. The van der Waals surface area contributed by atoms with E-state index in [2.05, 4.69) is 10.2 Å². The Labute approximate surface area is 74.3 Å². The second kappa shape index (κ2) is 2.71. The van der Waals surface area contributed by atoms with Gasteiger partial charge in [-0.15, -0.1) is 0 Å². The van der Waals surface area contributed by atoms with Gasteiger partial charge in [-0.25, -0.2) is 0 Å². The lowest BCUT2D eigenvalue weighted by molar-refractivity contribution is 0.151. The predicted octanol–water partition coefficient (Wildman–Crippen LogP) is 0.833. The molecule has 2 heteroatoms. The molecule has 3 fully saturated rings. The number of piperidine rings is 1. The molecule has 3 aliphatic rings. The minimum atomic E-state index is 0.912. The van der Waals surface area contributed by atoms with E-state index in [4.69, 9.17) is 0 Å². The molecule has 0 radical (unpaired) electrons. The van der Waals surface area contributed by atoms with Crippen LogP contribution in [-0.2, 0) is 0 Å². The summed E-state index contributed by atoms with van der Waals surface area (Å²) in [6.45, 7) is 3.94. The molecular weight excluding hydrogens is 148 g/mol. The molecule has 0 spiro atoms. The normalized spacial score (nSPS) is 47.5. The maximum absolute atomic E-state index is 3.52. The summed E-state index contributed by atoms with van der Waals surface area (Å²) in [4.78, 5) is 2.79. The first-order valence-corrected chi connectivity index (χ1v) is 5.41. The van der Waals surface area contributed by atoms with E-state index in [0.717, 1.165) is 18.0 Å². The monoisotopic (exact) mass is 166 g/mol. The number of fused-ring (bicyclic) bond motifs is 3. The van der Waals surface area contributed by atoms with Crippen LogP contribution in [0.15, 0.2) is 0 Å². The van der Waals surface area contributed by atoms with Crippen LogP contribution in [0.4, 0.5) is 0 Å². The molecule has 0 aromatic heterocycles. The maximum Gasteiger partial charge on any atom is 0.0264 e. The SMILES string of the molecule is C1CCN2C(C1)C[C@@H]1CNC[C@@H]12. The Morgan fingerprint density at radius 3 is 3.17 bits per heavy atom. The van der Waals surface area contributed by atoms with E-state index in [1.54, 1.807) is 0 Å². The van der Waals surface area contributed by atoms with Crippen LogP contribution < -0.4 is 5.32 Å². The van der Waals surface area contributed by atoms with Crippen LogP contribution in [0.3, 0.4) is 0 Å². The zero-order chi connectivity index (χ0) is 7.97. The van der Waals surface area contributed by atoms with E-state index in [1.807, 2.05) is 0 Å². The van der Waals surface area contributed by atoms with Gasteiger partial charge in [0.1, 0.15) is 0 Å². The van der Waals surface area contributed by atoms with Crippen molar-refractivity contribution in [3.8, 4) is 0 Å². The Morgan fingerprint density at radius 2 is 2.17 bits per heavy atom. The fraction of sp³-hybridized carbons (Fsp3) is 1.00. The minimum Gasteiger partial charge on any atom is -0.315 e. The van der Waals surface area contributed by atoms with Crippen molar-refractivity contribution in [3.05, 3.63) is 0 Å². The molecule has 0 aromatic carbocycles. The largest absolute Gasteiger partial charge is 0.315 e. The predicted molar refractivity (Wildman–Crippen MR) is 49.1 cm³/mol. The van der Waals surface area contributed by atoms with Crippen molar-refractivity contribution in [2.24, 2.45) is 5.92 Å². The molecular formula is C10H18N2. The van der Waals surface area contributed by atoms with Crippen LogP contribution in [0.5, 0.6) is 0 Å².